The maximum Gasteiger partial charge on any atom is 0.222 e. The molecule has 1 amide bonds. The predicted octanol–water partition coefficient (Wildman–Crippen LogP) is 4.21. The molecule has 0 aliphatic carbocycles. The highest BCUT2D eigenvalue weighted by Gasteiger charge is 2.31. The molecule has 8 heteroatoms. The second-order valence-electron chi connectivity index (χ2n) is 9.58. The largest absolute Gasteiger partial charge is 0.342 e. The van der Waals surface area contributed by atoms with Crippen LogP contribution in [0.15, 0.2) is 42.5 Å². The first-order chi connectivity index (χ1) is 17.0. The van der Waals surface area contributed by atoms with Crippen LogP contribution in [-0.2, 0) is 11.2 Å². The maximum absolute atomic E-state index is 13.1. The summed E-state index contributed by atoms with van der Waals surface area (Å²) in [5.74, 6) is 2.72. The van der Waals surface area contributed by atoms with Gasteiger partial charge in [0.2, 0.25) is 5.91 Å². The van der Waals surface area contributed by atoms with E-state index in [-0.39, 0.29) is 5.91 Å². The topological polar surface area (TPSA) is 81.2 Å². The molecule has 4 heterocycles. The highest BCUT2D eigenvalue weighted by Crippen LogP contribution is 2.34. The Morgan fingerprint density at radius 1 is 1.06 bits per heavy atom. The molecule has 0 N–H and O–H groups in total. The highest BCUT2D eigenvalue weighted by molar-refractivity contribution is 5.76. The lowest BCUT2D eigenvalue weighted by Crippen LogP contribution is -2.29. The molecule has 1 fully saturated rings. The summed E-state index contributed by atoms with van der Waals surface area (Å²) in [6.45, 7) is 9.88. The molecule has 5 rings (SSSR count). The van der Waals surface area contributed by atoms with Crippen LogP contribution >= 0.6 is 0 Å². The van der Waals surface area contributed by atoms with Crippen molar-refractivity contribution in [3.05, 3.63) is 70.8 Å². The summed E-state index contributed by atoms with van der Waals surface area (Å²) in [4.78, 5) is 15.2. The number of benzene rings is 1. The van der Waals surface area contributed by atoms with Gasteiger partial charge >= 0.3 is 0 Å². The van der Waals surface area contributed by atoms with Gasteiger partial charge in [0.25, 0.3) is 0 Å². The summed E-state index contributed by atoms with van der Waals surface area (Å²) in [6.07, 6.45) is 3.36. The molecule has 8 nitrogen and oxygen atoms in total. The Hall–Kier alpha value is -3.55. The summed E-state index contributed by atoms with van der Waals surface area (Å²) in [5, 5.41) is 17.6. The third-order valence-corrected chi connectivity index (χ3v) is 7.47. The minimum atomic E-state index is 0.238. The lowest BCUT2D eigenvalue weighted by Gasteiger charge is -2.23. The van der Waals surface area contributed by atoms with Gasteiger partial charge in [-0.3, -0.25) is 4.79 Å². The van der Waals surface area contributed by atoms with Gasteiger partial charge in [-0.1, -0.05) is 37.3 Å². The zero-order valence-electron chi connectivity index (χ0n) is 21.0. The number of amides is 1. The Morgan fingerprint density at radius 3 is 2.63 bits per heavy atom. The highest BCUT2D eigenvalue weighted by atomic mass is 16.2. The van der Waals surface area contributed by atoms with Crippen LogP contribution in [0.4, 0.5) is 0 Å². The molecule has 1 aromatic carbocycles. The second kappa shape index (κ2) is 9.60. The average Bonchev–Trinajstić information content (AvgIpc) is 3.57. The van der Waals surface area contributed by atoms with Gasteiger partial charge in [-0.2, -0.15) is 9.61 Å². The number of hydrogen-bond acceptors (Lipinski definition) is 5. The molecule has 3 aromatic heterocycles. The number of fused-ring (bicyclic) bond motifs is 1. The fraction of sp³-hybridized carbons (Fsp3) is 0.444. The normalized spacial score (nSPS) is 16.8. The van der Waals surface area contributed by atoms with E-state index >= 15 is 0 Å². The number of hydrogen-bond donors (Lipinski definition) is 0. The molecular weight excluding hydrogens is 438 g/mol. The van der Waals surface area contributed by atoms with Crippen molar-refractivity contribution in [2.45, 2.75) is 59.3 Å². The van der Waals surface area contributed by atoms with Crippen LogP contribution in [-0.4, -0.2) is 53.5 Å². The molecule has 2 unspecified atom stereocenters. The zero-order chi connectivity index (χ0) is 24.5. The summed E-state index contributed by atoms with van der Waals surface area (Å²) >= 11 is 0. The van der Waals surface area contributed by atoms with E-state index in [0.717, 1.165) is 48.7 Å². The Morgan fingerprint density at radius 2 is 1.86 bits per heavy atom. The van der Waals surface area contributed by atoms with E-state index in [9.17, 15) is 4.79 Å². The summed E-state index contributed by atoms with van der Waals surface area (Å²) < 4.78 is 3.57. The number of aryl methyl sites for hydroxylation is 2. The smallest absolute Gasteiger partial charge is 0.222 e. The third kappa shape index (κ3) is 4.45. The van der Waals surface area contributed by atoms with Crippen molar-refractivity contribution in [1.82, 2.24) is 34.5 Å². The first-order valence-electron chi connectivity index (χ1n) is 12.5. The third-order valence-electron chi connectivity index (χ3n) is 7.47. The molecule has 182 valence electrons. The number of carbonyl (C=O) groups is 1. The summed E-state index contributed by atoms with van der Waals surface area (Å²) in [6, 6.07) is 14.5. The van der Waals surface area contributed by atoms with Crippen molar-refractivity contribution in [3.63, 3.8) is 0 Å². The molecule has 0 radical (unpaired) electrons. The Balaban J connectivity index is 1.25. The van der Waals surface area contributed by atoms with Gasteiger partial charge in [0.15, 0.2) is 17.3 Å². The first kappa shape index (κ1) is 23.2. The van der Waals surface area contributed by atoms with Crippen molar-refractivity contribution in [3.8, 4) is 5.82 Å². The van der Waals surface area contributed by atoms with Gasteiger partial charge in [-0.25, -0.2) is 4.68 Å². The molecule has 2 atom stereocenters. The number of aromatic nitrogens is 6. The van der Waals surface area contributed by atoms with Crippen molar-refractivity contribution in [2.24, 2.45) is 5.92 Å². The van der Waals surface area contributed by atoms with E-state index in [4.69, 9.17) is 5.10 Å². The van der Waals surface area contributed by atoms with E-state index in [1.807, 2.05) is 37.6 Å². The number of carbonyl (C=O) groups excluding carboxylic acids is 1. The molecule has 0 saturated carbocycles. The maximum atomic E-state index is 13.1. The van der Waals surface area contributed by atoms with Crippen molar-refractivity contribution >= 4 is 11.6 Å². The number of nitrogens with zero attached hydrogens (tertiary/aromatic N) is 7. The molecule has 0 bridgehead atoms. The van der Waals surface area contributed by atoms with E-state index in [1.54, 1.807) is 4.52 Å². The monoisotopic (exact) mass is 471 g/mol. The number of likely N-dealkylation sites (tertiary alicyclic amines) is 1. The first-order valence-corrected chi connectivity index (χ1v) is 12.5. The van der Waals surface area contributed by atoms with E-state index < -0.39 is 0 Å². The Kier molecular flexibility index (Phi) is 6.36. The van der Waals surface area contributed by atoms with Crippen LogP contribution < -0.4 is 0 Å². The molecule has 0 spiro atoms. The van der Waals surface area contributed by atoms with E-state index in [2.05, 4.69) is 57.5 Å². The van der Waals surface area contributed by atoms with Gasteiger partial charge < -0.3 is 4.90 Å². The average molecular weight is 472 g/mol. The SMILES string of the molecule is CCC(c1ccccc1)C1CCN(C(=O)CCc2c(C)nn(-c3ccc4nnc(C)n4n3)c2C)C1. The quantitative estimate of drug-likeness (QED) is 0.403. The zero-order valence-corrected chi connectivity index (χ0v) is 21.0. The van der Waals surface area contributed by atoms with Gasteiger partial charge in [-0.05, 0) is 75.1 Å². The lowest BCUT2D eigenvalue weighted by atomic mass is 9.83. The molecular formula is C27H33N7O. The fourth-order valence-corrected chi connectivity index (χ4v) is 5.53. The van der Waals surface area contributed by atoms with Crippen LogP contribution in [0.5, 0.6) is 0 Å². The van der Waals surface area contributed by atoms with Crippen LogP contribution in [0.25, 0.3) is 11.5 Å². The van der Waals surface area contributed by atoms with Crippen LogP contribution in [0.1, 0.15) is 60.4 Å². The second-order valence-corrected chi connectivity index (χ2v) is 9.58. The minimum absolute atomic E-state index is 0.238. The van der Waals surface area contributed by atoms with Gasteiger partial charge in [-0.15, -0.1) is 15.3 Å². The fourth-order valence-electron chi connectivity index (χ4n) is 5.53. The van der Waals surface area contributed by atoms with Crippen molar-refractivity contribution in [2.75, 3.05) is 13.1 Å². The minimum Gasteiger partial charge on any atom is -0.342 e. The summed E-state index contributed by atoms with van der Waals surface area (Å²) in [5.41, 5.74) is 5.17. The lowest BCUT2D eigenvalue weighted by molar-refractivity contribution is -0.130. The van der Waals surface area contributed by atoms with Crippen molar-refractivity contribution in [1.29, 1.82) is 0 Å². The van der Waals surface area contributed by atoms with Crippen LogP contribution in [0, 0.1) is 26.7 Å². The van der Waals surface area contributed by atoms with Crippen LogP contribution in [0.2, 0.25) is 0 Å². The predicted molar refractivity (Wildman–Crippen MR) is 135 cm³/mol. The molecule has 4 aromatic rings. The van der Waals surface area contributed by atoms with E-state index in [0.29, 0.717) is 36.1 Å². The van der Waals surface area contributed by atoms with Crippen molar-refractivity contribution < 1.29 is 4.79 Å². The van der Waals surface area contributed by atoms with Gasteiger partial charge in [0.1, 0.15) is 0 Å². The van der Waals surface area contributed by atoms with Crippen LogP contribution in [0.3, 0.4) is 0 Å². The summed E-state index contributed by atoms with van der Waals surface area (Å²) in [7, 11) is 0. The number of rotatable bonds is 7. The molecule has 1 aliphatic rings. The molecule has 1 saturated heterocycles. The Labute approximate surface area is 206 Å². The van der Waals surface area contributed by atoms with E-state index in [1.165, 1.54) is 5.56 Å². The van der Waals surface area contributed by atoms with Gasteiger partial charge in [0, 0.05) is 25.2 Å². The molecule has 35 heavy (non-hydrogen) atoms. The molecule has 1 aliphatic heterocycles. The standard InChI is InChI=1S/C27H33N7O/c1-5-23(21-9-7-6-8-10-21)22-15-16-32(17-22)27(35)14-11-24-18(2)30-33(19(24)3)26-13-12-25-29-28-20(4)34(25)31-26/h6-10,12-13,22-23H,5,11,14-17H2,1-4H3. The Bertz CT molecular complexity index is 1340. The van der Waals surface area contributed by atoms with Gasteiger partial charge in [0.05, 0.1) is 5.69 Å².